The molecular formula is C44H51ClN7O7S+. The molecule has 2 saturated heterocycles. The van der Waals surface area contributed by atoms with Crippen LogP contribution in [0.4, 0.5) is 17.1 Å². The molecule has 2 saturated carbocycles. The van der Waals surface area contributed by atoms with Crippen LogP contribution in [-0.2, 0) is 20.2 Å². The highest BCUT2D eigenvalue weighted by Crippen LogP contribution is 2.72. The molecule has 3 atom stereocenters. The van der Waals surface area contributed by atoms with Crippen LogP contribution >= 0.6 is 11.6 Å². The molecule has 4 heterocycles. The van der Waals surface area contributed by atoms with Gasteiger partial charge in [-0.15, -0.1) is 0 Å². The smallest absolute Gasteiger partial charge is 0.268 e. The zero-order valence-corrected chi connectivity index (χ0v) is 34.9. The number of aliphatic hydroxyl groups is 1. The number of quaternary nitrogens is 1. The van der Waals surface area contributed by atoms with E-state index in [-0.39, 0.29) is 38.8 Å². The second-order valence-corrected chi connectivity index (χ2v) is 18.9. The molecule has 3 unspecified atom stereocenters. The summed E-state index contributed by atoms with van der Waals surface area (Å²) in [5.74, 6) is 0.103. The van der Waals surface area contributed by atoms with E-state index in [1.54, 1.807) is 36.7 Å². The van der Waals surface area contributed by atoms with Gasteiger partial charge in [-0.3, -0.25) is 9.69 Å². The van der Waals surface area contributed by atoms with Gasteiger partial charge in [0.1, 0.15) is 17.1 Å². The van der Waals surface area contributed by atoms with Crippen LogP contribution in [0.25, 0.3) is 11.0 Å². The van der Waals surface area contributed by atoms with Gasteiger partial charge in [0.05, 0.1) is 28.4 Å². The van der Waals surface area contributed by atoms with Gasteiger partial charge >= 0.3 is 0 Å². The maximum absolute atomic E-state index is 13.9. The molecule has 3 aromatic carbocycles. The lowest BCUT2D eigenvalue weighted by Gasteiger charge is -2.41. The number of nitrogens with zero attached hydrogens (tertiary/aromatic N) is 3. The molecular weight excluding hydrogens is 806 g/mol. The number of fused-ring (bicyclic) bond motifs is 2. The third-order valence-electron chi connectivity index (χ3n) is 13.2. The monoisotopic (exact) mass is 856 g/mol. The number of H-pyrrole nitrogens is 1. The zero-order chi connectivity index (χ0) is 41.5. The Morgan fingerprint density at radius 2 is 1.82 bits per heavy atom. The molecule has 16 heteroatoms. The number of aromatic nitrogens is 2. The molecule has 2 aliphatic heterocycles. The van der Waals surface area contributed by atoms with Crippen LogP contribution in [0, 0.1) is 11.3 Å². The first-order valence-corrected chi connectivity index (χ1v) is 22.6. The average Bonchev–Trinajstić information content (AvgIpc) is 3.67. The number of carbonyl (C=O) groups is 1. The number of carbonyl (C=O) groups excluding carboxylic acids is 1. The second-order valence-electron chi connectivity index (χ2n) is 16.8. The van der Waals surface area contributed by atoms with Crippen molar-refractivity contribution in [2.45, 2.75) is 54.9 Å². The minimum atomic E-state index is -4.37. The van der Waals surface area contributed by atoms with Crippen LogP contribution in [0.1, 0.15) is 54.4 Å². The molecule has 0 bridgehead atoms. The normalized spacial score (nSPS) is 23.6. The molecule has 7 N–H and O–H groups in total. The van der Waals surface area contributed by atoms with E-state index >= 15 is 0 Å². The van der Waals surface area contributed by atoms with Gasteiger partial charge in [-0.2, -0.15) is 5.48 Å². The average molecular weight is 857 g/mol. The van der Waals surface area contributed by atoms with Crippen LogP contribution in [-0.4, -0.2) is 98.1 Å². The Balaban J connectivity index is 0.914. The lowest BCUT2D eigenvalue weighted by Crippen LogP contribution is -2.74. The summed E-state index contributed by atoms with van der Waals surface area (Å²) in [6.07, 6.45) is 8.50. The Hall–Kier alpha value is -4.74. The molecule has 4 fully saturated rings. The standard InChI is InChI=1S/C44H50ClN7O7S/c45-32-3-1-31(2-4-32)44-13-9-34(53)24-43(44,27-44)28-51-15-17-52(18-16-51)33-5-7-37(40(22-33)59-35-21-30-10-14-46-41(30)48-26-35)42(54)50-60(56,57)36-6-8-38(39(23-36)49-55)47-25-29-11-19-58-20-12-29/h1-8,10,14,21-23,26,29,34,47,49,53,55H,9,11-13,15-20,24-25,27-28H2,(H,46,48)(H,50,54)/p+1. The third-order valence-corrected chi connectivity index (χ3v) is 14.7. The van der Waals surface area contributed by atoms with Gasteiger partial charge in [0.15, 0.2) is 5.69 Å². The molecule has 0 spiro atoms. The lowest BCUT2D eigenvalue weighted by atomic mass is 9.74. The first kappa shape index (κ1) is 40.7. The van der Waals surface area contributed by atoms with E-state index in [1.165, 1.54) is 17.7 Å². The van der Waals surface area contributed by atoms with E-state index in [4.69, 9.17) is 21.1 Å². The van der Waals surface area contributed by atoms with E-state index in [1.807, 2.05) is 24.3 Å². The van der Waals surface area contributed by atoms with Crippen LogP contribution in [0.3, 0.4) is 0 Å². The van der Waals surface area contributed by atoms with E-state index in [9.17, 15) is 23.5 Å². The maximum atomic E-state index is 13.9. The van der Waals surface area contributed by atoms with Gasteiger partial charge in [-0.25, -0.2) is 23.3 Å². The highest BCUT2D eigenvalue weighted by atomic mass is 35.5. The molecule has 1 amide bonds. The molecule has 2 aromatic heterocycles. The maximum Gasteiger partial charge on any atom is 0.268 e. The lowest BCUT2D eigenvalue weighted by molar-refractivity contribution is -0.825. The number of hydrogen-bond donors (Lipinski definition) is 6. The summed E-state index contributed by atoms with van der Waals surface area (Å²) < 4.78 is 41.4. The van der Waals surface area contributed by atoms with E-state index < -0.39 is 15.9 Å². The Morgan fingerprint density at radius 1 is 1.02 bits per heavy atom. The number of nitrogens with one attached hydrogen (secondary N) is 3. The van der Waals surface area contributed by atoms with Gasteiger partial charge < -0.3 is 29.8 Å². The molecule has 0 radical (unpaired) electrons. The SMILES string of the molecule is O=C(NS(=O)(=O)c1ccc(NCC2CCOCC2)c([NH2+]O)c1)c1ccc(N2CCN(CC34CC(O)CCC3(c3ccc(Cl)cc3)C4)CC2)cc1Oc1cnc2[nH]ccc2c1. The third kappa shape index (κ3) is 8.19. The predicted octanol–water partition coefficient (Wildman–Crippen LogP) is 5.54. The summed E-state index contributed by atoms with van der Waals surface area (Å²) in [4.78, 5) is 26.0. The van der Waals surface area contributed by atoms with Crippen LogP contribution in [0.5, 0.6) is 11.5 Å². The summed E-state index contributed by atoms with van der Waals surface area (Å²) in [5, 5.41) is 25.7. The molecule has 14 nitrogen and oxygen atoms in total. The van der Waals surface area contributed by atoms with E-state index in [0.29, 0.717) is 42.8 Å². The number of halogens is 1. The summed E-state index contributed by atoms with van der Waals surface area (Å²) in [7, 11) is -4.37. The number of ether oxygens (including phenoxy) is 2. The minimum absolute atomic E-state index is 0.0210. The highest BCUT2D eigenvalue weighted by molar-refractivity contribution is 7.90. The number of nitrogens with two attached hydrogens (primary N) is 1. The molecule has 60 heavy (non-hydrogen) atoms. The summed E-state index contributed by atoms with van der Waals surface area (Å²) in [5.41, 5.74) is 4.66. The van der Waals surface area contributed by atoms with Crippen LogP contribution in [0.2, 0.25) is 5.02 Å². The number of piperazine rings is 1. The second kappa shape index (κ2) is 16.6. The van der Waals surface area contributed by atoms with Crippen molar-refractivity contribution in [2.24, 2.45) is 11.3 Å². The Labute approximate surface area is 354 Å². The Morgan fingerprint density at radius 3 is 2.60 bits per heavy atom. The number of benzene rings is 3. The number of pyridine rings is 1. The first-order chi connectivity index (χ1) is 29.0. The number of anilines is 2. The number of aromatic amines is 1. The van der Waals surface area contributed by atoms with E-state index in [0.717, 1.165) is 92.8 Å². The molecule has 5 aromatic rings. The fourth-order valence-electron chi connectivity index (χ4n) is 9.80. The van der Waals surface area contributed by atoms with Crippen molar-refractivity contribution in [3.05, 3.63) is 101 Å². The summed E-state index contributed by atoms with van der Waals surface area (Å²) in [6.45, 7) is 6.06. The number of aliphatic hydroxyl groups excluding tert-OH is 1. The molecule has 4 aliphatic rings. The van der Waals surface area contributed by atoms with Gasteiger partial charge in [-0.1, -0.05) is 23.7 Å². The van der Waals surface area contributed by atoms with Crippen molar-refractivity contribution in [3.63, 3.8) is 0 Å². The van der Waals surface area contributed by atoms with Crippen LogP contribution < -0.4 is 25.2 Å². The Bertz CT molecular complexity index is 2470. The fourth-order valence-corrected chi connectivity index (χ4v) is 10.9. The van der Waals surface area contributed by atoms with Gasteiger partial charge in [0.2, 0.25) is 0 Å². The van der Waals surface area contributed by atoms with Crippen molar-refractivity contribution >= 4 is 55.6 Å². The minimum Gasteiger partial charge on any atom is -0.455 e. The van der Waals surface area contributed by atoms with Gasteiger partial charge in [0, 0.05) is 92.3 Å². The van der Waals surface area contributed by atoms with Crippen molar-refractivity contribution in [1.29, 1.82) is 0 Å². The number of sulfonamides is 1. The fraction of sp³-hybridized carbons (Fsp3) is 0.409. The van der Waals surface area contributed by atoms with Crippen molar-refractivity contribution in [2.75, 3.05) is 62.7 Å². The molecule has 2 aliphatic carbocycles. The molecule has 316 valence electrons. The predicted molar refractivity (Wildman–Crippen MR) is 228 cm³/mol. The number of hydrogen-bond acceptors (Lipinski definition) is 11. The number of amides is 1. The van der Waals surface area contributed by atoms with Crippen molar-refractivity contribution in [1.82, 2.24) is 19.6 Å². The topological polar surface area (TPSA) is 186 Å². The highest BCUT2D eigenvalue weighted by Gasteiger charge is 2.69. The van der Waals surface area contributed by atoms with Gasteiger partial charge in [-0.05, 0) is 104 Å². The Kier molecular flexibility index (Phi) is 11.3. The largest absolute Gasteiger partial charge is 0.455 e. The van der Waals surface area contributed by atoms with Gasteiger partial charge in [0.25, 0.3) is 15.9 Å². The number of rotatable bonds is 13. The summed E-state index contributed by atoms with van der Waals surface area (Å²) in [6, 6.07) is 21.4. The van der Waals surface area contributed by atoms with Crippen molar-refractivity contribution in [3.8, 4) is 11.5 Å². The zero-order valence-electron chi connectivity index (χ0n) is 33.3. The quantitative estimate of drug-likeness (QED) is 0.0645. The van der Waals surface area contributed by atoms with Crippen molar-refractivity contribution < 1.29 is 38.5 Å². The molecule has 9 rings (SSSR count). The summed E-state index contributed by atoms with van der Waals surface area (Å²) >= 11 is 6.25. The van der Waals surface area contributed by atoms with E-state index in [2.05, 4.69) is 41.9 Å². The van der Waals surface area contributed by atoms with Crippen LogP contribution in [0.15, 0.2) is 90.1 Å². The first-order valence-electron chi connectivity index (χ1n) is 20.7.